The van der Waals surface area contributed by atoms with Gasteiger partial charge in [0.1, 0.15) is 5.39 Å². The third-order valence-corrected chi connectivity index (χ3v) is 5.17. The van der Waals surface area contributed by atoms with E-state index >= 15 is 0 Å². The lowest BCUT2D eigenvalue weighted by Crippen LogP contribution is -2.09. The van der Waals surface area contributed by atoms with E-state index in [0.717, 1.165) is 5.56 Å². The lowest BCUT2D eigenvalue weighted by atomic mass is 10.2. The van der Waals surface area contributed by atoms with Crippen LogP contribution in [-0.4, -0.2) is 24.7 Å². The predicted molar refractivity (Wildman–Crippen MR) is 107 cm³/mol. The summed E-state index contributed by atoms with van der Waals surface area (Å²) in [5.41, 5.74) is 1.75. The molecule has 28 heavy (non-hydrogen) atoms. The van der Waals surface area contributed by atoms with Gasteiger partial charge in [-0.3, -0.25) is 14.9 Å². The second-order valence-electron chi connectivity index (χ2n) is 5.86. The third kappa shape index (κ3) is 3.62. The van der Waals surface area contributed by atoms with Crippen LogP contribution in [0.15, 0.2) is 64.7 Å². The van der Waals surface area contributed by atoms with E-state index in [1.807, 2.05) is 6.07 Å². The van der Waals surface area contributed by atoms with E-state index < -0.39 is 4.92 Å². The standard InChI is InChI=1S/C18H12ClN5O3S/c19-12-2-1-3-14(8-12)23-16-15(9-20-23)17(25)22-18(21-16)28-10-11-4-6-13(7-5-11)24(26)27/h1-9H,10H2,(H,21,22,25). The number of thioether (sulfide) groups is 1. The Labute approximate surface area is 167 Å². The topological polar surface area (TPSA) is 107 Å². The Kier molecular flexibility index (Phi) is 4.84. The zero-order valence-electron chi connectivity index (χ0n) is 14.2. The molecule has 2 aromatic heterocycles. The third-order valence-electron chi connectivity index (χ3n) is 3.99. The maximum absolute atomic E-state index is 12.4. The number of hydrogen-bond acceptors (Lipinski definition) is 6. The maximum atomic E-state index is 12.4. The van der Waals surface area contributed by atoms with Gasteiger partial charge in [-0.05, 0) is 23.8 Å². The second-order valence-corrected chi connectivity index (χ2v) is 7.26. The van der Waals surface area contributed by atoms with Gasteiger partial charge < -0.3 is 4.98 Å². The van der Waals surface area contributed by atoms with E-state index in [1.54, 1.807) is 35.0 Å². The molecule has 0 spiro atoms. The highest BCUT2D eigenvalue weighted by Crippen LogP contribution is 2.23. The van der Waals surface area contributed by atoms with Crippen LogP contribution in [0.5, 0.6) is 0 Å². The van der Waals surface area contributed by atoms with Gasteiger partial charge in [-0.25, -0.2) is 9.67 Å². The van der Waals surface area contributed by atoms with Crippen LogP contribution in [0, 0.1) is 10.1 Å². The van der Waals surface area contributed by atoms with Crippen molar-refractivity contribution in [1.29, 1.82) is 0 Å². The van der Waals surface area contributed by atoms with E-state index in [1.165, 1.54) is 30.1 Å². The number of aromatic nitrogens is 4. The Hall–Kier alpha value is -3.17. The molecule has 0 unspecified atom stereocenters. The summed E-state index contributed by atoms with van der Waals surface area (Å²) in [4.78, 5) is 29.9. The lowest BCUT2D eigenvalue weighted by Gasteiger charge is -2.05. The Morgan fingerprint density at radius 3 is 2.71 bits per heavy atom. The number of fused-ring (bicyclic) bond motifs is 1. The molecule has 0 radical (unpaired) electrons. The lowest BCUT2D eigenvalue weighted by molar-refractivity contribution is -0.384. The fraction of sp³-hybridized carbons (Fsp3) is 0.0556. The van der Waals surface area contributed by atoms with Crippen LogP contribution in [0.25, 0.3) is 16.7 Å². The molecule has 10 heteroatoms. The smallest absolute Gasteiger partial charge is 0.269 e. The number of nitro benzene ring substituents is 1. The van der Waals surface area contributed by atoms with Gasteiger partial charge >= 0.3 is 0 Å². The van der Waals surface area contributed by atoms with Crippen LogP contribution < -0.4 is 5.56 Å². The molecule has 4 rings (SSSR count). The number of nitrogens with one attached hydrogen (secondary N) is 1. The largest absolute Gasteiger partial charge is 0.301 e. The second kappa shape index (κ2) is 7.45. The molecule has 4 aromatic rings. The van der Waals surface area contributed by atoms with Gasteiger partial charge in [-0.15, -0.1) is 0 Å². The summed E-state index contributed by atoms with van der Waals surface area (Å²) in [5, 5.41) is 16.3. The molecular formula is C18H12ClN5O3S. The van der Waals surface area contributed by atoms with E-state index in [9.17, 15) is 14.9 Å². The van der Waals surface area contributed by atoms with Crippen LogP contribution in [0.1, 0.15) is 5.56 Å². The van der Waals surface area contributed by atoms with E-state index in [0.29, 0.717) is 32.7 Å². The SMILES string of the molecule is O=c1[nH]c(SCc2ccc([N+](=O)[O-])cc2)nc2c1cnn2-c1cccc(Cl)c1. The van der Waals surface area contributed by atoms with E-state index in [-0.39, 0.29) is 11.2 Å². The molecule has 0 amide bonds. The number of H-pyrrole nitrogens is 1. The summed E-state index contributed by atoms with van der Waals surface area (Å²) in [6, 6.07) is 13.4. The molecular weight excluding hydrogens is 402 g/mol. The van der Waals surface area contributed by atoms with Gasteiger partial charge in [-0.2, -0.15) is 5.10 Å². The number of nitro groups is 1. The van der Waals surface area contributed by atoms with Crippen molar-refractivity contribution in [3.63, 3.8) is 0 Å². The number of rotatable bonds is 5. The Bertz CT molecular complexity index is 1240. The predicted octanol–water partition coefficient (Wildman–Crippen LogP) is 3.96. The molecule has 0 saturated heterocycles. The molecule has 0 saturated carbocycles. The van der Waals surface area contributed by atoms with Crippen molar-refractivity contribution >= 4 is 40.1 Å². The Balaban J connectivity index is 1.64. The first-order valence-corrected chi connectivity index (χ1v) is 9.48. The zero-order valence-corrected chi connectivity index (χ0v) is 15.8. The van der Waals surface area contributed by atoms with Gasteiger partial charge in [0, 0.05) is 22.9 Å². The first-order valence-electron chi connectivity index (χ1n) is 8.11. The van der Waals surface area contributed by atoms with Crippen LogP contribution in [0.2, 0.25) is 5.02 Å². The van der Waals surface area contributed by atoms with Crippen molar-refractivity contribution in [2.24, 2.45) is 0 Å². The number of nitrogens with zero attached hydrogens (tertiary/aromatic N) is 4. The molecule has 0 bridgehead atoms. The number of halogens is 1. The molecule has 0 fully saturated rings. The van der Waals surface area contributed by atoms with Gasteiger partial charge in [0.2, 0.25) is 0 Å². The van der Waals surface area contributed by atoms with Crippen molar-refractivity contribution in [3.05, 3.63) is 85.8 Å². The summed E-state index contributed by atoms with van der Waals surface area (Å²) in [6.45, 7) is 0. The van der Waals surface area contributed by atoms with Gasteiger partial charge in [-0.1, -0.05) is 41.6 Å². The first-order chi connectivity index (χ1) is 13.5. The maximum Gasteiger partial charge on any atom is 0.269 e. The highest BCUT2D eigenvalue weighted by molar-refractivity contribution is 7.98. The molecule has 8 nitrogen and oxygen atoms in total. The minimum absolute atomic E-state index is 0.0344. The van der Waals surface area contributed by atoms with Crippen molar-refractivity contribution in [2.75, 3.05) is 0 Å². The number of aromatic amines is 1. The van der Waals surface area contributed by atoms with Crippen LogP contribution in [0.4, 0.5) is 5.69 Å². The molecule has 140 valence electrons. The van der Waals surface area contributed by atoms with Crippen molar-refractivity contribution < 1.29 is 4.92 Å². The van der Waals surface area contributed by atoms with Gasteiger partial charge in [0.05, 0.1) is 16.8 Å². The monoisotopic (exact) mass is 413 g/mol. The highest BCUT2D eigenvalue weighted by atomic mass is 35.5. The van der Waals surface area contributed by atoms with Crippen molar-refractivity contribution in [1.82, 2.24) is 19.7 Å². The molecule has 1 N–H and O–H groups in total. The van der Waals surface area contributed by atoms with Crippen molar-refractivity contribution in [2.45, 2.75) is 10.9 Å². The van der Waals surface area contributed by atoms with Crippen molar-refractivity contribution in [3.8, 4) is 5.69 Å². The summed E-state index contributed by atoms with van der Waals surface area (Å²) in [7, 11) is 0. The number of hydrogen-bond donors (Lipinski definition) is 1. The normalized spacial score (nSPS) is 11.0. The molecule has 2 heterocycles. The summed E-state index contributed by atoms with van der Waals surface area (Å²) >= 11 is 7.37. The van der Waals surface area contributed by atoms with E-state index in [4.69, 9.17) is 11.6 Å². The van der Waals surface area contributed by atoms with Gasteiger partial charge in [0.25, 0.3) is 11.2 Å². The van der Waals surface area contributed by atoms with Crippen LogP contribution >= 0.6 is 23.4 Å². The summed E-state index contributed by atoms with van der Waals surface area (Å²) in [5.74, 6) is 0.498. The zero-order chi connectivity index (χ0) is 19.7. The van der Waals surface area contributed by atoms with Crippen LogP contribution in [0.3, 0.4) is 0 Å². The minimum Gasteiger partial charge on any atom is -0.301 e. The number of non-ortho nitro benzene ring substituents is 1. The average molecular weight is 414 g/mol. The average Bonchev–Trinajstić information content (AvgIpc) is 3.11. The minimum atomic E-state index is -0.444. The Morgan fingerprint density at radius 1 is 1.21 bits per heavy atom. The Morgan fingerprint density at radius 2 is 2.00 bits per heavy atom. The highest BCUT2D eigenvalue weighted by Gasteiger charge is 2.12. The molecule has 2 aromatic carbocycles. The fourth-order valence-corrected chi connectivity index (χ4v) is 3.63. The molecule has 0 aliphatic rings. The molecule has 0 atom stereocenters. The molecule has 0 aliphatic heterocycles. The van der Waals surface area contributed by atoms with E-state index in [2.05, 4.69) is 15.1 Å². The summed E-state index contributed by atoms with van der Waals surface area (Å²) in [6.07, 6.45) is 1.47. The number of benzene rings is 2. The summed E-state index contributed by atoms with van der Waals surface area (Å²) < 4.78 is 1.56. The molecule has 0 aliphatic carbocycles. The first kappa shape index (κ1) is 18.2. The fourth-order valence-electron chi connectivity index (χ4n) is 2.63. The van der Waals surface area contributed by atoms with Crippen LogP contribution in [-0.2, 0) is 5.75 Å². The quantitative estimate of drug-likeness (QED) is 0.229. The van der Waals surface area contributed by atoms with Gasteiger partial charge in [0.15, 0.2) is 10.8 Å².